The fraction of sp³-hybridized carbons (Fsp3) is 0. The van der Waals surface area contributed by atoms with Crippen LogP contribution in [-0.2, 0) is 9.59 Å². The third kappa shape index (κ3) is 3.56. The van der Waals surface area contributed by atoms with Crippen molar-refractivity contribution in [1.82, 2.24) is 0 Å². The van der Waals surface area contributed by atoms with Gasteiger partial charge in [0.2, 0.25) is 0 Å². The highest BCUT2D eigenvalue weighted by atomic mass is 35.5. The number of ketones is 2. The summed E-state index contributed by atoms with van der Waals surface area (Å²) in [6.07, 6.45) is 5.01. The maximum atomic E-state index is 10.3. The molecule has 4 heteroatoms. The van der Waals surface area contributed by atoms with E-state index >= 15 is 0 Å². The Kier molecular flexibility index (Phi) is 4.79. The summed E-state index contributed by atoms with van der Waals surface area (Å²) in [7, 11) is 0. The van der Waals surface area contributed by atoms with Crippen LogP contribution in [0.4, 0.5) is 0 Å². The number of carbonyl (C=O) groups excluding carboxylic acids is 2. The Morgan fingerprint density at radius 1 is 0.583 bits per heavy atom. The molecule has 2 nitrogen and oxygen atoms in total. The molecule has 0 saturated carbocycles. The number of hydrogen-bond acceptors (Lipinski definition) is 2. The van der Waals surface area contributed by atoms with Gasteiger partial charge < -0.3 is 0 Å². The molecule has 0 saturated heterocycles. The number of allylic oxidation sites excluding steroid dienone is 4. The van der Waals surface area contributed by atoms with Crippen molar-refractivity contribution in [3.05, 3.63) is 82.9 Å². The van der Waals surface area contributed by atoms with Crippen LogP contribution in [0.2, 0.25) is 10.0 Å². The first-order valence-corrected chi connectivity index (χ1v) is 8.01. The van der Waals surface area contributed by atoms with Crippen molar-refractivity contribution >= 4 is 56.3 Å². The second-order valence-corrected chi connectivity index (χ2v) is 6.06. The second-order valence-electron chi connectivity index (χ2n) is 5.25. The third-order valence-electron chi connectivity index (χ3n) is 3.60. The lowest BCUT2D eigenvalue weighted by Gasteiger charge is -2.05. The van der Waals surface area contributed by atoms with E-state index in [1.807, 2.05) is 36.4 Å². The zero-order valence-electron chi connectivity index (χ0n) is 12.5. The predicted octanol–water partition coefficient (Wildman–Crippen LogP) is 5.55. The van der Waals surface area contributed by atoms with Gasteiger partial charge in [-0.25, -0.2) is 0 Å². The summed E-state index contributed by atoms with van der Waals surface area (Å²) in [6.45, 7) is 0. The van der Waals surface area contributed by atoms with Gasteiger partial charge in [0.05, 0.1) is 0 Å². The highest BCUT2D eigenvalue weighted by molar-refractivity contribution is 6.37. The minimum atomic E-state index is -0.121. The lowest BCUT2D eigenvalue weighted by Crippen LogP contribution is -1.97. The summed E-state index contributed by atoms with van der Waals surface area (Å²) in [5.74, 6) is -0.241. The summed E-state index contributed by atoms with van der Waals surface area (Å²) in [5.41, 5.74) is 0. The molecule has 0 atom stereocenters. The SMILES string of the molecule is Clc1cccc2cc3c(Cl)cccc3cc12.O=C1C=CC(=O)C=C1. The molecule has 0 spiro atoms. The molecule has 0 amide bonds. The normalized spacial score (nSPS) is 13.2. The molecule has 0 N–H and O–H groups in total. The summed E-state index contributed by atoms with van der Waals surface area (Å²) < 4.78 is 0. The van der Waals surface area contributed by atoms with Crippen LogP contribution in [0.5, 0.6) is 0 Å². The van der Waals surface area contributed by atoms with Gasteiger partial charge >= 0.3 is 0 Å². The Hall–Kier alpha value is -2.42. The summed E-state index contributed by atoms with van der Waals surface area (Å²) in [6, 6.07) is 16.0. The van der Waals surface area contributed by atoms with Crippen LogP contribution in [-0.4, -0.2) is 11.6 Å². The molecule has 0 bridgehead atoms. The van der Waals surface area contributed by atoms with E-state index in [9.17, 15) is 9.59 Å². The maximum absolute atomic E-state index is 10.3. The molecule has 4 rings (SSSR count). The molecular formula is C20H12Cl2O2. The van der Waals surface area contributed by atoms with Crippen molar-refractivity contribution < 1.29 is 9.59 Å². The van der Waals surface area contributed by atoms with Gasteiger partial charge in [-0.15, -0.1) is 0 Å². The topological polar surface area (TPSA) is 34.1 Å². The van der Waals surface area contributed by atoms with Crippen LogP contribution < -0.4 is 0 Å². The van der Waals surface area contributed by atoms with E-state index in [1.54, 1.807) is 0 Å². The van der Waals surface area contributed by atoms with Crippen LogP contribution >= 0.6 is 23.2 Å². The summed E-state index contributed by atoms with van der Waals surface area (Å²) in [4.78, 5) is 20.6. The van der Waals surface area contributed by atoms with Gasteiger partial charge in [0, 0.05) is 20.8 Å². The van der Waals surface area contributed by atoms with Gasteiger partial charge in [-0.2, -0.15) is 0 Å². The van der Waals surface area contributed by atoms with E-state index in [0.29, 0.717) is 0 Å². The van der Waals surface area contributed by atoms with Gasteiger partial charge in [-0.3, -0.25) is 9.59 Å². The Morgan fingerprint density at radius 3 is 1.33 bits per heavy atom. The van der Waals surface area contributed by atoms with E-state index in [1.165, 1.54) is 24.3 Å². The fourth-order valence-corrected chi connectivity index (χ4v) is 2.89. The minimum absolute atomic E-state index is 0.121. The summed E-state index contributed by atoms with van der Waals surface area (Å²) in [5, 5.41) is 5.93. The van der Waals surface area contributed by atoms with E-state index in [4.69, 9.17) is 23.2 Å². The second kappa shape index (κ2) is 7.00. The van der Waals surface area contributed by atoms with Crippen molar-refractivity contribution in [2.75, 3.05) is 0 Å². The van der Waals surface area contributed by atoms with Crippen molar-refractivity contribution in [2.45, 2.75) is 0 Å². The van der Waals surface area contributed by atoms with E-state index in [2.05, 4.69) is 12.1 Å². The largest absolute Gasteiger partial charge is 0.290 e. The zero-order chi connectivity index (χ0) is 17.1. The smallest absolute Gasteiger partial charge is 0.178 e. The average Bonchev–Trinajstić information content (AvgIpc) is 2.58. The van der Waals surface area contributed by atoms with Gasteiger partial charge in [0.15, 0.2) is 11.6 Å². The Morgan fingerprint density at radius 2 is 0.958 bits per heavy atom. The first-order chi connectivity index (χ1) is 11.5. The average molecular weight is 355 g/mol. The number of rotatable bonds is 0. The number of hydrogen-bond donors (Lipinski definition) is 0. The number of benzene rings is 3. The minimum Gasteiger partial charge on any atom is -0.290 e. The number of halogens is 2. The van der Waals surface area contributed by atoms with Gasteiger partial charge in [0.25, 0.3) is 0 Å². The van der Waals surface area contributed by atoms with Gasteiger partial charge in [-0.05, 0) is 59.3 Å². The number of fused-ring (bicyclic) bond motifs is 2. The van der Waals surface area contributed by atoms with Crippen molar-refractivity contribution in [2.24, 2.45) is 0 Å². The lowest BCUT2D eigenvalue weighted by atomic mass is 10.0. The Bertz CT molecular complexity index is 917. The lowest BCUT2D eigenvalue weighted by molar-refractivity contribution is -0.113. The first kappa shape index (κ1) is 16.4. The van der Waals surface area contributed by atoms with Crippen molar-refractivity contribution in [1.29, 1.82) is 0 Å². The first-order valence-electron chi connectivity index (χ1n) is 7.25. The highest BCUT2D eigenvalue weighted by Crippen LogP contribution is 2.31. The van der Waals surface area contributed by atoms with E-state index < -0.39 is 0 Å². The molecule has 3 aromatic carbocycles. The molecule has 0 unspecified atom stereocenters. The predicted molar refractivity (Wildman–Crippen MR) is 99.8 cm³/mol. The Balaban J connectivity index is 0.000000179. The standard InChI is InChI=1S/C14H8Cl2.C6H4O2/c15-13-5-1-3-9-7-12-10(8-11(9)13)4-2-6-14(12)16;7-5-1-2-6(8)4-3-5/h1-8H;1-4H. The molecule has 1 aliphatic carbocycles. The molecule has 1 aliphatic rings. The van der Waals surface area contributed by atoms with E-state index in [0.717, 1.165) is 31.6 Å². The van der Waals surface area contributed by atoms with Gasteiger partial charge in [-0.1, -0.05) is 47.5 Å². The summed E-state index contributed by atoms with van der Waals surface area (Å²) >= 11 is 12.3. The van der Waals surface area contributed by atoms with Crippen molar-refractivity contribution in [3.8, 4) is 0 Å². The van der Waals surface area contributed by atoms with Crippen molar-refractivity contribution in [3.63, 3.8) is 0 Å². The van der Waals surface area contributed by atoms with Crippen LogP contribution in [0.15, 0.2) is 72.8 Å². The molecule has 0 fully saturated rings. The maximum Gasteiger partial charge on any atom is 0.178 e. The third-order valence-corrected chi connectivity index (χ3v) is 4.26. The molecular weight excluding hydrogens is 343 g/mol. The molecule has 0 radical (unpaired) electrons. The molecule has 0 aromatic heterocycles. The van der Waals surface area contributed by atoms with Crippen LogP contribution in [0.3, 0.4) is 0 Å². The molecule has 0 aliphatic heterocycles. The molecule has 24 heavy (non-hydrogen) atoms. The fourth-order valence-electron chi connectivity index (χ4n) is 2.41. The van der Waals surface area contributed by atoms with Gasteiger partial charge in [0.1, 0.15) is 0 Å². The number of carbonyl (C=O) groups is 2. The van der Waals surface area contributed by atoms with Crippen LogP contribution in [0, 0.1) is 0 Å². The molecule has 118 valence electrons. The zero-order valence-corrected chi connectivity index (χ0v) is 14.0. The quantitative estimate of drug-likeness (QED) is 0.391. The molecule has 3 aromatic rings. The Labute approximate surface area is 149 Å². The highest BCUT2D eigenvalue weighted by Gasteiger charge is 2.03. The molecule has 0 heterocycles. The van der Waals surface area contributed by atoms with E-state index in [-0.39, 0.29) is 11.6 Å². The van der Waals surface area contributed by atoms with Crippen LogP contribution in [0.1, 0.15) is 0 Å². The monoisotopic (exact) mass is 354 g/mol. The van der Waals surface area contributed by atoms with Crippen LogP contribution in [0.25, 0.3) is 21.5 Å².